The molecule has 0 bridgehead atoms. The second kappa shape index (κ2) is 5.42. The lowest BCUT2D eigenvalue weighted by atomic mass is 10.1. The molecule has 0 atom stereocenters. The number of carbonyl (C=O) groups excluding carboxylic acids is 1. The first-order chi connectivity index (χ1) is 10.5. The lowest BCUT2D eigenvalue weighted by Gasteiger charge is -2.28. The van der Waals surface area contributed by atoms with Crippen molar-refractivity contribution in [1.82, 2.24) is 4.57 Å². The lowest BCUT2D eigenvalue weighted by Crippen LogP contribution is -2.89. The average Bonchev–Trinajstić information content (AvgIpc) is 2.51. The molecule has 1 aromatic heterocycles. The summed E-state index contributed by atoms with van der Waals surface area (Å²) in [4.78, 5) is 25.1. The Bertz CT molecular complexity index is 810. The number of carbonyl (C=O) groups is 1. The number of aromatic nitrogens is 1. The molecule has 116 valence electrons. The first-order valence-corrected chi connectivity index (χ1v) is 7.10. The third-order valence-electron chi connectivity index (χ3n) is 4.02. The van der Waals surface area contributed by atoms with Crippen molar-refractivity contribution in [2.24, 2.45) is 7.05 Å². The van der Waals surface area contributed by atoms with E-state index < -0.39 is 22.8 Å². The smallest absolute Gasteiger partial charge is 0.198 e. The lowest BCUT2D eigenvalue weighted by molar-refractivity contribution is -0.655. The molecule has 1 saturated heterocycles. The monoisotopic (exact) mass is 305 g/mol. The normalized spacial score (nSPS) is 15.3. The van der Waals surface area contributed by atoms with Crippen LogP contribution in [0.1, 0.15) is 10.4 Å². The summed E-state index contributed by atoms with van der Waals surface area (Å²) in [6.45, 7) is 3.24. The van der Waals surface area contributed by atoms with E-state index in [4.69, 9.17) is 0 Å². The summed E-state index contributed by atoms with van der Waals surface area (Å²) in [7, 11) is 1.62. The second-order valence-corrected chi connectivity index (χ2v) is 5.44. The number of nitrogens with zero attached hydrogens (tertiary/aromatic N) is 2. The summed E-state index contributed by atoms with van der Waals surface area (Å²) in [5, 5.41) is 13.2. The number of carboxylic acid groups (broad SMARTS) is 1. The van der Waals surface area contributed by atoms with Crippen molar-refractivity contribution >= 4 is 22.6 Å². The number of benzene rings is 1. The third-order valence-corrected chi connectivity index (χ3v) is 4.02. The Hall–Kier alpha value is -2.41. The number of rotatable bonds is 2. The van der Waals surface area contributed by atoms with Crippen LogP contribution in [0.5, 0.6) is 0 Å². The van der Waals surface area contributed by atoms with Gasteiger partial charge < -0.3 is 24.7 Å². The Labute approximate surface area is 125 Å². The van der Waals surface area contributed by atoms with E-state index in [1.54, 1.807) is 13.1 Å². The number of aromatic carboxylic acids is 1. The van der Waals surface area contributed by atoms with Crippen LogP contribution in [0.2, 0.25) is 0 Å². The van der Waals surface area contributed by atoms with Gasteiger partial charge in [0.15, 0.2) is 5.43 Å². The maximum absolute atomic E-state index is 14.4. The number of piperazine rings is 1. The van der Waals surface area contributed by atoms with Crippen molar-refractivity contribution < 1.29 is 19.6 Å². The summed E-state index contributed by atoms with van der Waals surface area (Å²) in [5.41, 5.74) is -0.238. The molecule has 7 heteroatoms. The van der Waals surface area contributed by atoms with Gasteiger partial charge in [-0.2, -0.15) is 0 Å². The summed E-state index contributed by atoms with van der Waals surface area (Å²) in [6, 6.07) is 2.73. The molecule has 6 nitrogen and oxygen atoms in total. The number of quaternary nitrogens is 1. The molecule has 3 rings (SSSR count). The Morgan fingerprint density at radius 1 is 1.32 bits per heavy atom. The first kappa shape index (κ1) is 14.5. The molecule has 0 amide bonds. The third kappa shape index (κ3) is 2.33. The number of carboxylic acids is 1. The molecule has 1 fully saturated rings. The van der Waals surface area contributed by atoms with Gasteiger partial charge in [-0.15, -0.1) is 0 Å². The predicted molar refractivity (Wildman–Crippen MR) is 77.3 cm³/mol. The van der Waals surface area contributed by atoms with E-state index in [1.807, 2.05) is 4.90 Å². The van der Waals surface area contributed by atoms with Crippen LogP contribution < -0.4 is 20.8 Å². The number of hydrogen-bond donors (Lipinski definition) is 1. The highest BCUT2D eigenvalue weighted by Gasteiger charge is 2.19. The van der Waals surface area contributed by atoms with Crippen molar-refractivity contribution in [2.45, 2.75) is 0 Å². The van der Waals surface area contributed by atoms with E-state index in [-0.39, 0.29) is 5.39 Å². The van der Waals surface area contributed by atoms with Crippen LogP contribution in [-0.2, 0) is 7.05 Å². The fraction of sp³-hybridized carbons (Fsp3) is 0.333. The van der Waals surface area contributed by atoms with Gasteiger partial charge in [0.05, 0.1) is 48.9 Å². The van der Waals surface area contributed by atoms with Crippen LogP contribution >= 0.6 is 0 Å². The zero-order valence-electron chi connectivity index (χ0n) is 12.1. The van der Waals surface area contributed by atoms with Crippen LogP contribution in [0.4, 0.5) is 10.1 Å². The zero-order chi connectivity index (χ0) is 15.9. The van der Waals surface area contributed by atoms with E-state index in [1.165, 1.54) is 10.8 Å². The van der Waals surface area contributed by atoms with E-state index >= 15 is 0 Å². The molecule has 2 heterocycles. The quantitative estimate of drug-likeness (QED) is 0.726. The molecule has 22 heavy (non-hydrogen) atoms. The molecular weight excluding hydrogens is 289 g/mol. The van der Waals surface area contributed by atoms with Gasteiger partial charge in [0.25, 0.3) is 0 Å². The highest BCUT2D eigenvalue weighted by atomic mass is 19.1. The first-order valence-electron chi connectivity index (χ1n) is 7.10. The fourth-order valence-electron chi connectivity index (χ4n) is 2.87. The Morgan fingerprint density at radius 3 is 2.64 bits per heavy atom. The number of aryl methyl sites for hydroxylation is 1. The van der Waals surface area contributed by atoms with Crippen LogP contribution in [-0.4, -0.2) is 36.7 Å². The summed E-state index contributed by atoms with van der Waals surface area (Å²) in [5.74, 6) is -2.07. The average molecular weight is 305 g/mol. The molecule has 0 aliphatic carbocycles. The number of pyridine rings is 1. The Balaban J connectivity index is 2.22. The molecule has 0 unspecified atom stereocenters. The minimum atomic E-state index is -1.56. The molecule has 1 aliphatic rings. The number of fused-ring (bicyclic) bond motifs is 1. The topological polar surface area (TPSA) is 82.0 Å². The second-order valence-electron chi connectivity index (χ2n) is 5.44. The zero-order valence-corrected chi connectivity index (χ0v) is 12.1. The van der Waals surface area contributed by atoms with Gasteiger partial charge in [0, 0.05) is 18.6 Å². The largest absolute Gasteiger partial charge is 0.545 e. The van der Waals surface area contributed by atoms with Crippen LogP contribution in [0, 0.1) is 5.82 Å². The number of anilines is 1. The molecule has 0 radical (unpaired) electrons. The van der Waals surface area contributed by atoms with Crippen LogP contribution in [0.3, 0.4) is 0 Å². The molecule has 1 aromatic carbocycles. The minimum absolute atomic E-state index is 0.0500. The highest BCUT2D eigenvalue weighted by molar-refractivity contribution is 5.92. The summed E-state index contributed by atoms with van der Waals surface area (Å²) >= 11 is 0. The highest BCUT2D eigenvalue weighted by Crippen LogP contribution is 2.24. The maximum atomic E-state index is 14.4. The molecule has 2 N–H and O–H groups in total. The van der Waals surface area contributed by atoms with Crippen molar-refractivity contribution in [3.63, 3.8) is 0 Å². The van der Waals surface area contributed by atoms with Crippen molar-refractivity contribution in [3.8, 4) is 0 Å². The molecular formula is C15H16FN3O3. The Kier molecular flexibility index (Phi) is 3.58. The van der Waals surface area contributed by atoms with E-state index in [2.05, 4.69) is 5.32 Å². The van der Waals surface area contributed by atoms with Gasteiger partial charge in [-0.05, 0) is 12.1 Å². The predicted octanol–water partition coefficient (Wildman–Crippen LogP) is -1.58. The van der Waals surface area contributed by atoms with Crippen LogP contribution in [0.25, 0.3) is 10.9 Å². The minimum Gasteiger partial charge on any atom is -0.545 e. The maximum Gasteiger partial charge on any atom is 0.198 e. The molecule has 0 saturated carbocycles. The van der Waals surface area contributed by atoms with Crippen molar-refractivity contribution in [1.29, 1.82) is 0 Å². The number of hydrogen-bond acceptors (Lipinski definition) is 4. The van der Waals surface area contributed by atoms with E-state index in [9.17, 15) is 19.1 Å². The standard InChI is InChI=1S/C15H16FN3O3/c1-18-8-10(15(21)22)14(20)9-6-11(16)13(7-12(9)18)19-4-2-17-3-5-19/h6-8,17H,2-5H2,1H3,(H,21,22). The number of nitrogens with two attached hydrogens (primary N) is 1. The molecule has 1 aliphatic heterocycles. The van der Waals surface area contributed by atoms with Crippen molar-refractivity contribution in [2.75, 3.05) is 31.1 Å². The van der Waals surface area contributed by atoms with Gasteiger partial charge in [0.2, 0.25) is 0 Å². The SMILES string of the molecule is Cn1cc(C(=O)[O-])c(=O)c2cc(F)c(N3CC[NH2+]CC3)cc21. The van der Waals surface area contributed by atoms with E-state index in [0.29, 0.717) is 11.2 Å². The van der Waals surface area contributed by atoms with E-state index in [0.717, 1.165) is 32.2 Å². The van der Waals surface area contributed by atoms with Gasteiger partial charge in [-0.25, -0.2) is 4.39 Å². The van der Waals surface area contributed by atoms with Crippen molar-refractivity contribution in [3.05, 3.63) is 39.9 Å². The van der Waals surface area contributed by atoms with Crippen LogP contribution in [0.15, 0.2) is 23.1 Å². The summed E-state index contributed by atoms with van der Waals surface area (Å²) < 4.78 is 15.9. The van der Waals surface area contributed by atoms with Gasteiger partial charge >= 0.3 is 0 Å². The fourth-order valence-corrected chi connectivity index (χ4v) is 2.87. The molecule has 2 aromatic rings. The van der Waals surface area contributed by atoms with Gasteiger partial charge in [-0.1, -0.05) is 0 Å². The molecule has 0 spiro atoms. The van der Waals surface area contributed by atoms with Gasteiger partial charge in [0.1, 0.15) is 5.82 Å². The van der Waals surface area contributed by atoms with Gasteiger partial charge in [-0.3, -0.25) is 4.79 Å². The Morgan fingerprint density at radius 2 is 2.00 bits per heavy atom. The number of halogens is 1. The summed E-state index contributed by atoms with van der Waals surface area (Å²) in [6.07, 6.45) is 1.21.